The lowest BCUT2D eigenvalue weighted by Gasteiger charge is -2.24. The molecule has 1 aromatic heterocycles. The summed E-state index contributed by atoms with van der Waals surface area (Å²) in [5.74, 6) is 0.142. The fourth-order valence-electron chi connectivity index (χ4n) is 3.71. The molecule has 33 heavy (non-hydrogen) atoms. The Bertz CT molecular complexity index is 1440. The molecule has 0 fully saturated rings. The molecule has 0 amide bonds. The SMILES string of the molecule is CCOC(=O)C1=C(C)N=c2s/c(=C\c3cc(Br)ccc3OC)c(=O)n2[C@H]1c1ccc(Cl)cc1. The van der Waals surface area contributed by atoms with Crippen molar-refractivity contribution in [3.8, 4) is 5.75 Å². The van der Waals surface area contributed by atoms with E-state index in [-0.39, 0.29) is 12.2 Å². The maximum atomic E-state index is 13.6. The first-order valence-electron chi connectivity index (χ1n) is 10.1. The number of rotatable bonds is 5. The van der Waals surface area contributed by atoms with E-state index in [4.69, 9.17) is 21.1 Å². The average molecular weight is 548 g/mol. The predicted molar refractivity (Wildman–Crippen MR) is 133 cm³/mol. The standard InChI is InChI=1S/C24H20BrClN2O4S/c1-4-32-23(30)20-13(2)27-24-28(21(20)14-5-8-17(26)9-6-14)22(29)19(33-24)12-15-11-16(25)7-10-18(15)31-3/h5-12,21H,4H2,1-3H3/b19-12-/t21-/m0/s1. The highest BCUT2D eigenvalue weighted by molar-refractivity contribution is 9.10. The summed E-state index contributed by atoms with van der Waals surface area (Å²) in [6.45, 7) is 3.71. The molecule has 0 radical (unpaired) electrons. The van der Waals surface area contributed by atoms with Crippen molar-refractivity contribution in [3.05, 3.63) is 94.0 Å². The van der Waals surface area contributed by atoms with E-state index in [1.807, 2.05) is 18.2 Å². The summed E-state index contributed by atoms with van der Waals surface area (Å²) in [6.07, 6.45) is 1.77. The van der Waals surface area contributed by atoms with Crippen LogP contribution in [0, 0.1) is 0 Å². The Morgan fingerprint density at radius 1 is 1.27 bits per heavy atom. The Hall–Kier alpha value is -2.68. The van der Waals surface area contributed by atoms with Crippen molar-refractivity contribution in [1.82, 2.24) is 4.57 Å². The zero-order valence-electron chi connectivity index (χ0n) is 18.1. The van der Waals surface area contributed by atoms with Gasteiger partial charge in [0.05, 0.1) is 35.6 Å². The van der Waals surface area contributed by atoms with Gasteiger partial charge in [-0.1, -0.05) is 51.0 Å². The first-order chi connectivity index (χ1) is 15.8. The fraction of sp³-hybridized carbons (Fsp3) is 0.208. The highest BCUT2D eigenvalue weighted by atomic mass is 79.9. The topological polar surface area (TPSA) is 69.9 Å². The molecule has 1 aliphatic heterocycles. The van der Waals surface area contributed by atoms with Gasteiger partial charge < -0.3 is 9.47 Å². The molecule has 4 rings (SSSR count). The van der Waals surface area contributed by atoms with Gasteiger partial charge in [-0.05, 0) is 55.8 Å². The quantitative estimate of drug-likeness (QED) is 0.449. The van der Waals surface area contributed by atoms with Crippen molar-refractivity contribution < 1.29 is 14.3 Å². The van der Waals surface area contributed by atoms with E-state index in [9.17, 15) is 9.59 Å². The summed E-state index contributed by atoms with van der Waals surface area (Å²) >= 11 is 10.8. The van der Waals surface area contributed by atoms with Crippen LogP contribution in [0.2, 0.25) is 5.02 Å². The van der Waals surface area contributed by atoms with Crippen molar-refractivity contribution in [2.75, 3.05) is 13.7 Å². The van der Waals surface area contributed by atoms with Gasteiger partial charge in [0.1, 0.15) is 5.75 Å². The highest BCUT2D eigenvalue weighted by Gasteiger charge is 2.33. The minimum Gasteiger partial charge on any atom is -0.496 e. The van der Waals surface area contributed by atoms with E-state index >= 15 is 0 Å². The van der Waals surface area contributed by atoms with Gasteiger partial charge in [-0.25, -0.2) is 9.79 Å². The number of halogens is 2. The van der Waals surface area contributed by atoms with E-state index in [2.05, 4.69) is 20.9 Å². The maximum absolute atomic E-state index is 13.6. The van der Waals surface area contributed by atoms with Crippen molar-refractivity contribution in [2.24, 2.45) is 4.99 Å². The molecule has 1 aliphatic rings. The second-order valence-corrected chi connectivity index (χ2v) is 9.60. The van der Waals surface area contributed by atoms with Gasteiger partial charge in [0, 0.05) is 15.1 Å². The van der Waals surface area contributed by atoms with E-state index in [0.717, 1.165) is 15.6 Å². The third-order valence-corrected chi connectivity index (χ3v) is 6.91. The van der Waals surface area contributed by atoms with E-state index in [1.165, 1.54) is 11.3 Å². The summed E-state index contributed by atoms with van der Waals surface area (Å²) in [6, 6.07) is 12.0. The van der Waals surface area contributed by atoms with Crippen LogP contribution in [0.4, 0.5) is 0 Å². The van der Waals surface area contributed by atoms with Crippen LogP contribution in [-0.2, 0) is 9.53 Å². The molecule has 0 aliphatic carbocycles. The van der Waals surface area contributed by atoms with Crippen LogP contribution in [0.1, 0.15) is 31.0 Å². The highest BCUT2D eigenvalue weighted by Crippen LogP contribution is 2.31. The monoisotopic (exact) mass is 546 g/mol. The lowest BCUT2D eigenvalue weighted by atomic mass is 9.96. The van der Waals surface area contributed by atoms with Crippen LogP contribution in [-0.4, -0.2) is 24.3 Å². The Kier molecular flexibility index (Phi) is 6.88. The summed E-state index contributed by atoms with van der Waals surface area (Å²) in [5.41, 5.74) is 2.08. The predicted octanol–water partition coefficient (Wildman–Crippen LogP) is 4.22. The first kappa shape index (κ1) is 23.5. The summed E-state index contributed by atoms with van der Waals surface area (Å²) in [5, 5.41) is 0.561. The first-order valence-corrected chi connectivity index (χ1v) is 12.1. The lowest BCUT2D eigenvalue weighted by Crippen LogP contribution is -2.39. The summed E-state index contributed by atoms with van der Waals surface area (Å²) < 4.78 is 13.6. The molecule has 0 unspecified atom stereocenters. The van der Waals surface area contributed by atoms with Gasteiger partial charge in [-0.15, -0.1) is 0 Å². The molecule has 3 aromatic rings. The normalized spacial score (nSPS) is 15.8. The smallest absolute Gasteiger partial charge is 0.338 e. The minimum atomic E-state index is -0.677. The molecule has 0 saturated carbocycles. The number of methoxy groups -OCH3 is 1. The molecular weight excluding hydrogens is 528 g/mol. The van der Waals surface area contributed by atoms with Crippen LogP contribution < -0.4 is 19.6 Å². The molecule has 6 nitrogen and oxygen atoms in total. The minimum absolute atomic E-state index is 0.218. The number of allylic oxidation sites excluding steroid dienone is 1. The second kappa shape index (κ2) is 9.67. The zero-order chi connectivity index (χ0) is 23.7. The Labute approximate surface area is 207 Å². The van der Waals surface area contributed by atoms with Gasteiger partial charge in [0.2, 0.25) is 0 Å². The van der Waals surface area contributed by atoms with Gasteiger partial charge in [-0.3, -0.25) is 9.36 Å². The Morgan fingerprint density at radius 2 is 2.00 bits per heavy atom. The Balaban J connectivity index is 1.97. The maximum Gasteiger partial charge on any atom is 0.338 e. The van der Waals surface area contributed by atoms with Gasteiger partial charge in [0.25, 0.3) is 5.56 Å². The number of carbonyl (C=O) groups is 1. The van der Waals surface area contributed by atoms with Crippen molar-refractivity contribution in [2.45, 2.75) is 19.9 Å². The number of ether oxygens (including phenoxy) is 2. The van der Waals surface area contributed by atoms with Crippen LogP contribution in [0.5, 0.6) is 5.75 Å². The third kappa shape index (κ3) is 4.55. The molecule has 0 spiro atoms. The number of aromatic nitrogens is 1. The molecule has 170 valence electrons. The molecule has 0 saturated heterocycles. The average Bonchev–Trinajstić information content (AvgIpc) is 3.08. The van der Waals surface area contributed by atoms with Gasteiger partial charge >= 0.3 is 5.97 Å². The zero-order valence-corrected chi connectivity index (χ0v) is 21.3. The van der Waals surface area contributed by atoms with Gasteiger partial charge in [0.15, 0.2) is 4.80 Å². The molecule has 0 bridgehead atoms. The van der Waals surface area contributed by atoms with Crippen LogP contribution >= 0.6 is 38.9 Å². The largest absolute Gasteiger partial charge is 0.496 e. The van der Waals surface area contributed by atoms with Gasteiger partial charge in [-0.2, -0.15) is 0 Å². The van der Waals surface area contributed by atoms with Crippen LogP contribution in [0.15, 0.2) is 68.0 Å². The number of hydrogen-bond donors (Lipinski definition) is 0. The molecule has 0 N–H and O–H groups in total. The second-order valence-electron chi connectivity index (χ2n) is 7.24. The van der Waals surface area contributed by atoms with Crippen molar-refractivity contribution >= 4 is 50.9 Å². The molecule has 9 heteroatoms. The lowest BCUT2D eigenvalue weighted by molar-refractivity contribution is -0.139. The fourth-order valence-corrected chi connectivity index (χ4v) is 5.25. The molecule has 1 atom stereocenters. The third-order valence-electron chi connectivity index (χ3n) is 5.18. The number of fused-ring (bicyclic) bond motifs is 1. The number of nitrogens with zero attached hydrogens (tertiary/aromatic N) is 2. The Morgan fingerprint density at radius 3 is 2.67 bits per heavy atom. The number of benzene rings is 2. The summed E-state index contributed by atoms with van der Waals surface area (Å²) in [7, 11) is 1.58. The number of thiazole rings is 1. The van der Waals surface area contributed by atoms with E-state index in [0.29, 0.717) is 31.4 Å². The van der Waals surface area contributed by atoms with Crippen molar-refractivity contribution in [1.29, 1.82) is 0 Å². The number of carbonyl (C=O) groups excluding carboxylic acids is 1. The number of esters is 1. The van der Waals surface area contributed by atoms with E-state index in [1.54, 1.807) is 55.9 Å². The van der Waals surface area contributed by atoms with Crippen molar-refractivity contribution in [3.63, 3.8) is 0 Å². The molecular formula is C24H20BrClN2O4S. The van der Waals surface area contributed by atoms with E-state index < -0.39 is 12.0 Å². The molecule has 2 aromatic carbocycles. The van der Waals surface area contributed by atoms with Crippen LogP contribution in [0.3, 0.4) is 0 Å². The number of hydrogen-bond acceptors (Lipinski definition) is 6. The van der Waals surface area contributed by atoms with Crippen LogP contribution in [0.25, 0.3) is 6.08 Å². The summed E-state index contributed by atoms with van der Waals surface area (Å²) in [4.78, 5) is 31.6. The molecule has 2 heterocycles.